The summed E-state index contributed by atoms with van der Waals surface area (Å²) < 4.78 is 0. The quantitative estimate of drug-likeness (QED) is 0.718. The van der Waals surface area contributed by atoms with Crippen LogP contribution in [0.5, 0.6) is 0 Å². The highest BCUT2D eigenvalue weighted by Crippen LogP contribution is 2.28. The van der Waals surface area contributed by atoms with E-state index in [1.165, 1.54) is 11.3 Å². The van der Waals surface area contributed by atoms with E-state index >= 15 is 0 Å². The van der Waals surface area contributed by atoms with Gasteiger partial charge in [0, 0.05) is 17.1 Å². The van der Waals surface area contributed by atoms with Crippen molar-refractivity contribution in [3.05, 3.63) is 81.5 Å². The fourth-order valence-corrected chi connectivity index (χ4v) is 3.15. The lowest BCUT2D eigenvalue weighted by molar-refractivity contribution is 0.0955. The summed E-state index contributed by atoms with van der Waals surface area (Å²) in [5.74, 6) is -0.0520. The summed E-state index contributed by atoms with van der Waals surface area (Å²) in [6, 6.07) is 19.4. The van der Waals surface area contributed by atoms with Gasteiger partial charge in [0.15, 0.2) is 0 Å². The third kappa shape index (κ3) is 3.38. The third-order valence-corrected chi connectivity index (χ3v) is 4.49. The Bertz CT molecular complexity index is 765. The van der Waals surface area contributed by atoms with Crippen LogP contribution in [0.2, 0.25) is 5.02 Å². The van der Waals surface area contributed by atoms with Crippen LogP contribution in [0.25, 0.3) is 11.1 Å². The highest BCUT2D eigenvalue weighted by atomic mass is 35.5. The smallest absolute Gasteiger partial charge is 0.262 e. The van der Waals surface area contributed by atoms with Gasteiger partial charge < -0.3 is 5.32 Å². The molecule has 0 atom stereocenters. The molecule has 0 spiro atoms. The van der Waals surface area contributed by atoms with Crippen LogP contribution in [-0.2, 0) is 6.54 Å². The van der Waals surface area contributed by atoms with Crippen LogP contribution >= 0.6 is 22.9 Å². The molecule has 1 heterocycles. The second-order valence-corrected chi connectivity index (χ2v) is 6.19. The van der Waals surface area contributed by atoms with Gasteiger partial charge in [0.05, 0.1) is 4.88 Å². The molecule has 0 unspecified atom stereocenters. The molecule has 2 aromatic carbocycles. The Morgan fingerprint density at radius 2 is 1.73 bits per heavy atom. The predicted molar refractivity (Wildman–Crippen MR) is 92.4 cm³/mol. The number of nitrogens with one attached hydrogen (secondary N) is 1. The first-order valence-electron chi connectivity index (χ1n) is 6.89. The molecule has 0 aliphatic carbocycles. The first kappa shape index (κ1) is 14.8. The lowest BCUT2D eigenvalue weighted by Crippen LogP contribution is -2.22. The third-order valence-electron chi connectivity index (χ3n) is 3.32. The minimum atomic E-state index is -0.0520. The summed E-state index contributed by atoms with van der Waals surface area (Å²) in [5.41, 5.74) is 3.05. The maximum absolute atomic E-state index is 12.4. The second-order valence-electron chi connectivity index (χ2n) is 4.84. The van der Waals surface area contributed by atoms with Gasteiger partial charge in [-0.3, -0.25) is 4.79 Å². The van der Waals surface area contributed by atoms with E-state index in [-0.39, 0.29) is 5.91 Å². The van der Waals surface area contributed by atoms with Crippen LogP contribution in [-0.4, -0.2) is 5.91 Å². The summed E-state index contributed by atoms with van der Waals surface area (Å²) in [4.78, 5) is 13.1. The second kappa shape index (κ2) is 6.77. The monoisotopic (exact) mass is 327 g/mol. The lowest BCUT2D eigenvalue weighted by atomic mass is 10.1. The molecule has 0 saturated heterocycles. The summed E-state index contributed by atoms with van der Waals surface area (Å²) in [5, 5.41) is 5.60. The fraction of sp³-hybridized carbons (Fsp3) is 0.0556. The molecule has 0 aliphatic rings. The summed E-state index contributed by atoms with van der Waals surface area (Å²) in [6.45, 7) is 0.488. The molecule has 3 aromatic rings. The molecule has 2 nitrogen and oxygen atoms in total. The Kier molecular flexibility index (Phi) is 4.56. The van der Waals surface area contributed by atoms with Crippen LogP contribution in [0.1, 0.15) is 15.2 Å². The minimum Gasteiger partial charge on any atom is -0.347 e. The number of amides is 1. The SMILES string of the molecule is O=C(NCc1ccc(Cl)cc1)c1sccc1-c1ccccc1. The maximum atomic E-state index is 12.4. The highest BCUT2D eigenvalue weighted by molar-refractivity contribution is 7.12. The van der Waals surface area contributed by atoms with E-state index in [4.69, 9.17) is 11.6 Å². The largest absolute Gasteiger partial charge is 0.347 e. The van der Waals surface area contributed by atoms with Crippen molar-refractivity contribution in [3.63, 3.8) is 0 Å². The van der Waals surface area contributed by atoms with Gasteiger partial charge in [-0.05, 0) is 34.7 Å². The number of rotatable bonds is 4. The van der Waals surface area contributed by atoms with E-state index in [2.05, 4.69) is 5.32 Å². The van der Waals surface area contributed by atoms with Crippen molar-refractivity contribution in [1.29, 1.82) is 0 Å². The molecular weight excluding hydrogens is 314 g/mol. The molecule has 3 rings (SSSR count). The predicted octanol–water partition coefficient (Wildman–Crippen LogP) is 5.00. The average molecular weight is 328 g/mol. The van der Waals surface area contributed by atoms with Crippen LogP contribution in [0.4, 0.5) is 0 Å². The lowest BCUT2D eigenvalue weighted by Gasteiger charge is -2.07. The molecule has 1 aromatic heterocycles. The Balaban J connectivity index is 1.73. The number of carbonyl (C=O) groups is 1. The van der Waals surface area contributed by atoms with E-state index in [0.717, 1.165) is 21.6 Å². The Labute approximate surface area is 138 Å². The van der Waals surface area contributed by atoms with Gasteiger partial charge in [0.1, 0.15) is 0 Å². The number of halogens is 1. The van der Waals surface area contributed by atoms with Crippen LogP contribution < -0.4 is 5.32 Å². The number of hydrogen-bond acceptors (Lipinski definition) is 2. The van der Waals surface area contributed by atoms with Gasteiger partial charge >= 0.3 is 0 Å². The topological polar surface area (TPSA) is 29.1 Å². The van der Waals surface area contributed by atoms with Crippen molar-refractivity contribution in [3.8, 4) is 11.1 Å². The number of carbonyl (C=O) groups excluding carboxylic acids is 1. The summed E-state index contributed by atoms with van der Waals surface area (Å²) in [6.07, 6.45) is 0. The van der Waals surface area contributed by atoms with Crippen molar-refractivity contribution >= 4 is 28.8 Å². The van der Waals surface area contributed by atoms with Crippen molar-refractivity contribution in [2.45, 2.75) is 6.54 Å². The minimum absolute atomic E-state index is 0.0520. The standard InChI is InChI=1S/C18H14ClNOS/c19-15-8-6-13(7-9-15)12-20-18(21)17-16(10-11-22-17)14-4-2-1-3-5-14/h1-11H,12H2,(H,20,21). The van der Waals surface area contributed by atoms with Crippen molar-refractivity contribution in [1.82, 2.24) is 5.32 Å². The van der Waals surface area contributed by atoms with Gasteiger partial charge in [0.25, 0.3) is 5.91 Å². The zero-order valence-corrected chi connectivity index (χ0v) is 13.3. The Morgan fingerprint density at radius 3 is 2.45 bits per heavy atom. The van der Waals surface area contributed by atoms with Crippen LogP contribution in [0, 0.1) is 0 Å². The molecule has 22 heavy (non-hydrogen) atoms. The molecule has 1 amide bonds. The molecule has 4 heteroatoms. The van der Waals surface area contributed by atoms with E-state index in [1.54, 1.807) is 0 Å². The Morgan fingerprint density at radius 1 is 1.00 bits per heavy atom. The first-order valence-corrected chi connectivity index (χ1v) is 8.15. The van der Waals surface area contributed by atoms with E-state index < -0.39 is 0 Å². The molecule has 0 bridgehead atoms. The molecule has 0 radical (unpaired) electrons. The average Bonchev–Trinajstić information content (AvgIpc) is 3.04. The van der Waals surface area contributed by atoms with E-state index in [0.29, 0.717) is 11.6 Å². The summed E-state index contributed by atoms with van der Waals surface area (Å²) >= 11 is 7.32. The van der Waals surface area contributed by atoms with Gasteiger partial charge in [-0.25, -0.2) is 0 Å². The van der Waals surface area contributed by atoms with Crippen LogP contribution in [0.15, 0.2) is 66.0 Å². The van der Waals surface area contributed by atoms with Crippen LogP contribution in [0.3, 0.4) is 0 Å². The highest BCUT2D eigenvalue weighted by Gasteiger charge is 2.14. The molecule has 0 fully saturated rings. The molecule has 0 saturated carbocycles. The molecule has 0 aliphatic heterocycles. The van der Waals surface area contributed by atoms with Crippen molar-refractivity contribution in [2.75, 3.05) is 0 Å². The summed E-state index contributed by atoms with van der Waals surface area (Å²) in [7, 11) is 0. The zero-order chi connectivity index (χ0) is 15.4. The van der Waals surface area contributed by atoms with E-state index in [1.807, 2.05) is 66.0 Å². The number of hydrogen-bond donors (Lipinski definition) is 1. The van der Waals surface area contributed by atoms with Crippen molar-refractivity contribution in [2.24, 2.45) is 0 Å². The normalized spacial score (nSPS) is 10.4. The Hall–Kier alpha value is -2.10. The van der Waals surface area contributed by atoms with E-state index in [9.17, 15) is 4.79 Å². The maximum Gasteiger partial charge on any atom is 0.262 e. The molecule has 1 N–H and O–H groups in total. The van der Waals surface area contributed by atoms with Gasteiger partial charge in [-0.2, -0.15) is 0 Å². The van der Waals surface area contributed by atoms with Gasteiger partial charge in [-0.15, -0.1) is 11.3 Å². The number of benzene rings is 2. The number of thiophene rings is 1. The van der Waals surface area contributed by atoms with Gasteiger partial charge in [0.2, 0.25) is 0 Å². The van der Waals surface area contributed by atoms with Gasteiger partial charge in [-0.1, -0.05) is 54.1 Å². The van der Waals surface area contributed by atoms with Crippen molar-refractivity contribution < 1.29 is 4.79 Å². The molecule has 110 valence electrons. The zero-order valence-electron chi connectivity index (χ0n) is 11.8. The first-order chi connectivity index (χ1) is 10.7. The fourth-order valence-electron chi connectivity index (χ4n) is 2.20. The molecular formula is C18H14ClNOS.